The molecular weight excluding hydrogens is 771 g/mol. The molecule has 0 bridgehead atoms. The first-order valence-electron chi connectivity index (χ1n) is 27.7. The molecule has 0 amide bonds. The smallest absolute Gasteiger partial charge is 0.00670 e. The molecule has 7 aliphatic rings. The Hall–Kier alpha value is -0.280. The first-order chi connectivity index (χ1) is 29.5. The van der Waals surface area contributed by atoms with Gasteiger partial charge in [-0.15, -0.1) is 0 Å². The molecule has 7 aliphatic carbocycles. The van der Waals surface area contributed by atoms with Crippen LogP contribution in [-0.4, -0.2) is 42.8 Å². The fourth-order valence-corrected chi connectivity index (χ4v) is 12.1. The van der Waals surface area contributed by atoms with Gasteiger partial charge in [-0.3, -0.25) is 0 Å². The van der Waals surface area contributed by atoms with E-state index in [4.69, 9.17) is 40.1 Å². The third kappa shape index (κ3) is 28.0. The van der Waals surface area contributed by atoms with Gasteiger partial charge in [0.15, 0.2) is 0 Å². The summed E-state index contributed by atoms with van der Waals surface area (Å²) in [6.45, 7) is 28.7. The van der Waals surface area contributed by atoms with Crippen molar-refractivity contribution in [3.05, 3.63) is 0 Å². The summed E-state index contributed by atoms with van der Waals surface area (Å²) in [5, 5.41) is 0. The molecule has 7 rings (SSSR count). The lowest BCUT2D eigenvalue weighted by atomic mass is 9.62. The average Bonchev–Trinajstić information content (AvgIpc) is 3.21. The average molecular weight is 891 g/mol. The largest absolute Gasteiger partial charge is 0.330 e. The molecule has 7 fully saturated rings. The van der Waals surface area contributed by atoms with E-state index in [1.165, 1.54) is 167 Å². The van der Waals surface area contributed by atoms with E-state index in [9.17, 15) is 0 Å². The fourth-order valence-electron chi connectivity index (χ4n) is 12.1. The highest BCUT2D eigenvalue weighted by molar-refractivity contribution is 4.92. The summed E-state index contributed by atoms with van der Waals surface area (Å²) < 4.78 is 0. The lowest BCUT2D eigenvalue weighted by molar-refractivity contribution is 0.0802. The van der Waals surface area contributed by atoms with Gasteiger partial charge in [-0.05, 0) is 180 Å². The van der Waals surface area contributed by atoms with Crippen LogP contribution in [0, 0.1) is 64.1 Å². The van der Waals surface area contributed by atoms with Crippen LogP contribution in [0.5, 0.6) is 0 Å². The fraction of sp³-hybridized carbons (Fsp3) is 1.00. The van der Waals surface area contributed by atoms with E-state index < -0.39 is 0 Å². The number of nitrogens with two attached hydrogens (primary N) is 7. The van der Waals surface area contributed by atoms with Crippen molar-refractivity contribution < 1.29 is 0 Å². The van der Waals surface area contributed by atoms with Crippen molar-refractivity contribution >= 4 is 0 Å². The normalized spacial score (nSPS) is 41.1. The van der Waals surface area contributed by atoms with Crippen LogP contribution < -0.4 is 40.1 Å². The van der Waals surface area contributed by atoms with E-state index in [-0.39, 0.29) is 0 Å². The molecule has 0 spiro atoms. The maximum Gasteiger partial charge on any atom is 0.00670 e. The lowest BCUT2D eigenvalue weighted by Gasteiger charge is -2.45. The van der Waals surface area contributed by atoms with Crippen molar-refractivity contribution in [3.8, 4) is 0 Å². The Morgan fingerprint density at radius 1 is 0.413 bits per heavy atom. The zero-order valence-electron chi connectivity index (χ0n) is 44.8. The summed E-state index contributed by atoms with van der Waals surface area (Å²) in [5.41, 5.74) is 41.4. The summed E-state index contributed by atoms with van der Waals surface area (Å²) in [6, 6.07) is 2.94. The Labute approximate surface area is 395 Å². The highest BCUT2D eigenvalue weighted by Gasteiger charge is 2.38. The van der Waals surface area contributed by atoms with Crippen LogP contribution in [0.3, 0.4) is 0 Å². The Kier molecular flexibility index (Phi) is 31.3. The van der Waals surface area contributed by atoms with Gasteiger partial charge >= 0.3 is 0 Å². The van der Waals surface area contributed by atoms with Crippen molar-refractivity contribution in [1.29, 1.82) is 0 Å². The molecule has 14 atom stereocenters. The topological polar surface area (TPSA) is 182 Å². The third-order valence-electron chi connectivity index (χ3n) is 17.3. The van der Waals surface area contributed by atoms with Gasteiger partial charge in [0.05, 0.1) is 0 Å². The van der Waals surface area contributed by atoms with E-state index in [1.807, 2.05) is 0 Å². The monoisotopic (exact) mass is 890 g/mol. The van der Waals surface area contributed by atoms with E-state index >= 15 is 0 Å². The molecule has 0 aromatic carbocycles. The highest BCUT2D eigenvalue weighted by Crippen LogP contribution is 2.47. The summed E-state index contributed by atoms with van der Waals surface area (Å²) in [6.07, 6.45) is 34.2. The van der Waals surface area contributed by atoms with E-state index in [1.54, 1.807) is 0 Å². The molecule has 14 unspecified atom stereocenters. The Bertz CT molecular complexity index is 1050. The molecule has 378 valence electrons. The zero-order chi connectivity index (χ0) is 47.8. The molecule has 0 radical (unpaired) electrons. The summed E-state index contributed by atoms with van der Waals surface area (Å²) in [5.74, 6) is 7.75. The summed E-state index contributed by atoms with van der Waals surface area (Å²) >= 11 is 0. The van der Waals surface area contributed by atoms with Gasteiger partial charge in [0.25, 0.3) is 0 Å². The SMILES string of the molecule is CC1CCC(N)CC1.CC1CCC(N)CC1C.CC1CCCC(CN)C1.CC1CCCC(N)C1.CC1CCCC(N)C1C.CC1CCCCC1N.CCC1(C)CC(N)CC(C)(C)C1. The molecule has 7 heteroatoms. The third-order valence-corrected chi connectivity index (χ3v) is 17.3. The van der Waals surface area contributed by atoms with Gasteiger partial charge < -0.3 is 40.1 Å². The quantitative estimate of drug-likeness (QED) is 0.144. The molecule has 14 N–H and O–H groups in total. The summed E-state index contributed by atoms with van der Waals surface area (Å²) in [4.78, 5) is 0. The first kappa shape index (κ1) is 60.7. The molecule has 0 aliphatic heterocycles. The van der Waals surface area contributed by atoms with Crippen LogP contribution in [0.4, 0.5) is 0 Å². The van der Waals surface area contributed by atoms with E-state index in [2.05, 4.69) is 83.1 Å². The molecule has 63 heavy (non-hydrogen) atoms. The van der Waals surface area contributed by atoms with Crippen molar-refractivity contribution in [2.24, 2.45) is 104 Å². The van der Waals surface area contributed by atoms with Gasteiger partial charge in [0.1, 0.15) is 0 Å². The van der Waals surface area contributed by atoms with E-state index in [0.717, 1.165) is 59.8 Å². The van der Waals surface area contributed by atoms with Crippen molar-refractivity contribution in [2.75, 3.05) is 6.54 Å². The minimum Gasteiger partial charge on any atom is -0.330 e. The van der Waals surface area contributed by atoms with Gasteiger partial charge in [-0.2, -0.15) is 0 Å². The predicted octanol–water partition coefficient (Wildman–Crippen LogP) is 12.8. The minimum absolute atomic E-state index is 0.429. The second kappa shape index (κ2) is 32.5. The molecule has 0 saturated heterocycles. The minimum atomic E-state index is 0.429. The van der Waals surface area contributed by atoms with Crippen LogP contribution in [-0.2, 0) is 0 Å². The van der Waals surface area contributed by atoms with Crippen LogP contribution in [0.2, 0.25) is 0 Å². The second-order valence-electron chi connectivity index (χ2n) is 25.0. The maximum absolute atomic E-state index is 6.06. The number of hydrogen-bond acceptors (Lipinski definition) is 7. The standard InChI is InChI=1S/C11H23N.3C8H17N.3C7H15N/c1-5-11(4)7-9(12)6-10(2,3)8-11;1-6-3-4-8(9)5-7(6)2;1-6-4-3-5-8(9)7(6)2;1-7-3-2-4-8(5-7)6-9;1-6-2-4-7(8)5-3-6;1-6-3-2-4-7(8)5-6;1-6-4-2-3-5-7(6)8/h9H,5-8,12H2,1-4H3;2*6-8H,3-5,9H2,1-2H3;7-8H,2-6,9H2,1H3;3*6-7H,2-5,8H2,1H3. The van der Waals surface area contributed by atoms with Crippen LogP contribution in [0.1, 0.15) is 250 Å². The zero-order valence-corrected chi connectivity index (χ0v) is 44.8. The lowest BCUT2D eigenvalue weighted by Crippen LogP contribution is -2.41. The van der Waals surface area contributed by atoms with Gasteiger partial charge in [0.2, 0.25) is 0 Å². The van der Waals surface area contributed by atoms with Crippen molar-refractivity contribution in [3.63, 3.8) is 0 Å². The molecular formula is C56H119N7. The Morgan fingerprint density at radius 2 is 0.937 bits per heavy atom. The molecule has 0 aromatic rings. The van der Waals surface area contributed by atoms with Crippen molar-refractivity contribution in [1.82, 2.24) is 0 Å². The van der Waals surface area contributed by atoms with Gasteiger partial charge in [-0.25, -0.2) is 0 Å². The maximum atomic E-state index is 6.06. The van der Waals surface area contributed by atoms with E-state index in [0.29, 0.717) is 47.1 Å². The number of rotatable bonds is 2. The van der Waals surface area contributed by atoms with Crippen LogP contribution in [0.15, 0.2) is 0 Å². The summed E-state index contributed by atoms with van der Waals surface area (Å²) in [7, 11) is 0. The predicted molar refractivity (Wildman–Crippen MR) is 281 cm³/mol. The van der Waals surface area contributed by atoms with Crippen LogP contribution >= 0.6 is 0 Å². The molecule has 7 nitrogen and oxygen atoms in total. The first-order valence-corrected chi connectivity index (χ1v) is 27.7. The van der Waals surface area contributed by atoms with Crippen LogP contribution in [0.25, 0.3) is 0 Å². The highest BCUT2D eigenvalue weighted by atomic mass is 14.7. The molecule has 7 saturated carbocycles. The molecule has 0 aromatic heterocycles. The number of hydrogen-bond donors (Lipinski definition) is 7. The molecule has 0 heterocycles. The Morgan fingerprint density at radius 3 is 1.33 bits per heavy atom. The van der Waals surface area contributed by atoms with Crippen molar-refractivity contribution in [2.45, 2.75) is 286 Å². The van der Waals surface area contributed by atoms with Gasteiger partial charge in [-0.1, -0.05) is 141 Å². The van der Waals surface area contributed by atoms with Gasteiger partial charge in [0, 0.05) is 36.3 Å². The Balaban J connectivity index is 0.000000369. The second-order valence-corrected chi connectivity index (χ2v) is 25.0.